The second-order valence-corrected chi connectivity index (χ2v) is 8.59. The number of aryl methyl sites for hydroxylation is 1. The van der Waals surface area contributed by atoms with Gasteiger partial charge in [-0.05, 0) is 61.0 Å². The fourth-order valence-corrected chi connectivity index (χ4v) is 3.74. The van der Waals surface area contributed by atoms with Crippen LogP contribution in [0.15, 0.2) is 65.6 Å². The lowest BCUT2D eigenvalue weighted by Gasteiger charge is -2.11. The van der Waals surface area contributed by atoms with Crippen LogP contribution in [0.1, 0.15) is 5.56 Å². The first-order chi connectivity index (χ1) is 14.6. The Bertz CT molecular complexity index is 1220. The minimum atomic E-state index is -3.86. The van der Waals surface area contributed by atoms with Gasteiger partial charge in [-0.3, -0.25) is 9.52 Å². The molecule has 6 nitrogen and oxygen atoms in total. The number of carbonyl (C=O) groups is 1. The molecule has 0 atom stereocenters. The molecule has 3 rings (SSSR count). The first kappa shape index (κ1) is 22.5. The molecule has 0 fully saturated rings. The molecule has 31 heavy (non-hydrogen) atoms. The predicted molar refractivity (Wildman–Crippen MR) is 114 cm³/mol. The van der Waals surface area contributed by atoms with Crippen LogP contribution in [0.4, 0.5) is 20.2 Å². The van der Waals surface area contributed by atoms with Gasteiger partial charge in [-0.2, -0.15) is 0 Å². The number of ether oxygens (including phenoxy) is 1. The van der Waals surface area contributed by atoms with Crippen LogP contribution in [0.3, 0.4) is 0 Å². The molecule has 0 radical (unpaired) electrons. The number of halogens is 3. The van der Waals surface area contributed by atoms with E-state index < -0.39 is 34.2 Å². The van der Waals surface area contributed by atoms with E-state index in [0.717, 1.165) is 17.7 Å². The molecule has 0 aliphatic carbocycles. The van der Waals surface area contributed by atoms with E-state index in [4.69, 9.17) is 16.3 Å². The number of carbonyl (C=O) groups excluding carboxylic acids is 1. The summed E-state index contributed by atoms with van der Waals surface area (Å²) in [5.74, 6) is -2.11. The Morgan fingerprint density at radius 3 is 2.39 bits per heavy atom. The maximum Gasteiger partial charge on any atom is 0.262 e. The number of amides is 1. The molecule has 0 aliphatic rings. The molecule has 0 spiro atoms. The lowest BCUT2D eigenvalue weighted by atomic mass is 10.2. The number of benzene rings is 3. The third-order valence-corrected chi connectivity index (χ3v) is 5.94. The summed E-state index contributed by atoms with van der Waals surface area (Å²) in [6.07, 6.45) is 0. The third kappa shape index (κ3) is 5.93. The largest absolute Gasteiger partial charge is 0.484 e. The molecule has 0 heterocycles. The van der Waals surface area contributed by atoms with E-state index >= 15 is 0 Å². The maximum absolute atomic E-state index is 13.6. The zero-order valence-corrected chi connectivity index (χ0v) is 17.7. The highest BCUT2D eigenvalue weighted by Crippen LogP contribution is 2.23. The zero-order chi connectivity index (χ0) is 22.6. The number of nitrogens with one attached hydrogen (secondary N) is 2. The van der Waals surface area contributed by atoms with Crippen LogP contribution in [0.5, 0.6) is 5.75 Å². The van der Waals surface area contributed by atoms with E-state index in [-0.39, 0.29) is 16.3 Å². The standard InChI is InChI=1S/C21H17ClF2N2O4S/c1-13-2-4-15(11-18(13)22)26-31(28,29)17-7-5-16(6-8-17)30-12-21(27)25-20-9-3-14(23)10-19(20)24/h2-11,26H,12H2,1H3,(H,25,27). The quantitative estimate of drug-likeness (QED) is 0.526. The highest BCUT2D eigenvalue weighted by Gasteiger charge is 2.15. The van der Waals surface area contributed by atoms with Crippen LogP contribution in [-0.2, 0) is 14.8 Å². The first-order valence-electron chi connectivity index (χ1n) is 8.91. The number of rotatable bonds is 7. The third-order valence-electron chi connectivity index (χ3n) is 4.13. The topological polar surface area (TPSA) is 84.5 Å². The Morgan fingerprint density at radius 1 is 1.03 bits per heavy atom. The van der Waals surface area contributed by atoms with Crippen LogP contribution < -0.4 is 14.8 Å². The van der Waals surface area contributed by atoms with Gasteiger partial charge >= 0.3 is 0 Å². The van der Waals surface area contributed by atoms with Crippen molar-refractivity contribution < 1.29 is 26.7 Å². The van der Waals surface area contributed by atoms with E-state index in [1.54, 1.807) is 19.1 Å². The number of anilines is 2. The molecule has 2 N–H and O–H groups in total. The zero-order valence-electron chi connectivity index (χ0n) is 16.2. The Hall–Kier alpha value is -3.17. The van der Waals surface area contributed by atoms with Crippen LogP contribution in [0, 0.1) is 18.6 Å². The summed E-state index contributed by atoms with van der Waals surface area (Å²) in [5.41, 5.74) is 0.955. The second kappa shape index (κ2) is 9.32. The molecule has 0 aliphatic heterocycles. The average molecular weight is 467 g/mol. The van der Waals surface area contributed by atoms with Crippen molar-refractivity contribution in [3.63, 3.8) is 0 Å². The van der Waals surface area contributed by atoms with Crippen molar-refractivity contribution in [2.75, 3.05) is 16.6 Å². The van der Waals surface area contributed by atoms with Gasteiger partial charge in [0.2, 0.25) is 0 Å². The summed E-state index contributed by atoms with van der Waals surface area (Å²) in [6.45, 7) is 1.35. The van der Waals surface area contributed by atoms with Gasteiger partial charge in [0, 0.05) is 11.1 Å². The van der Waals surface area contributed by atoms with Crippen molar-refractivity contribution in [1.29, 1.82) is 0 Å². The van der Waals surface area contributed by atoms with Crippen molar-refractivity contribution in [2.24, 2.45) is 0 Å². The number of sulfonamides is 1. The van der Waals surface area contributed by atoms with Crippen molar-refractivity contribution in [2.45, 2.75) is 11.8 Å². The maximum atomic E-state index is 13.6. The highest BCUT2D eigenvalue weighted by molar-refractivity contribution is 7.92. The predicted octanol–water partition coefficient (Wildman–Crippen LogP) is 4.74. The van der Waals surface area contributed by atoms with Gasteiger partial charge in [-0.1, -0.05) is 17.7 Å². The smallest absolute Gasteiger partial charge is 0.262 e. The molecule has 0 saturated heterocycles. The molecule has 0 unspecified atom stereocenters. The SMILES string of the molecule is Cc1ccc(NS(=O)(=O)c2ccc(OCC(=O)Nc3ccc(F)cc3F)cc2)cc1Cl. The summed E-state index contributed by atoms with van der Waals surface area (Å²) in [5, 5.41) is 2.69. The summed E-state index contributed by atoms with van der Waals surface area (Å²) in [7, 11) is -3.86. The number of hydrogen-bond donors (Lipinski definition) is 2. The Morgan fingerprint density at radius 2 is 1.74 bits per heavy atom. The molecule has 1 amide bonds. The van der Waals surface area contributed by atoms with Crippen LogP contribution in [0.2, 0.25) is 5.02 Å². The Labute approximate surface area is 182 Å². The fourth-order valence-electron chi connectivity index (χ4n) is 2.51. The van der Waals surface area contributed by atoms with Gasteiger partial charge in [0.05, 0.1) is 16.3 Å². The summed E-state index contributed by atoms with van der Waals surface area (Å²) in [4.78, 5) is 11.9. The monoisotopic (exact) mass is 466 g/mol. The van der Waals surface area contributed by atoms with E-state index in [9.17, 15) is 22.0 Å². The van der Waals surface area contributed by atoms with Crippen molar-refractivity contribution in [3.8, 4) is 5.75 Å². The van der Waals surface area contributed by atoms with Gasteiger partial charge in [-0.25, -0.2) is 17.2 Å². The van der Waals surface area contributed by atoms with Crippen LogP contribution in [0.25, 0.3) is 0 Å². The average Bonchev–Trinajstić information content (AvgIpc) is 2.71. The van der Waals surface area contributed by atoms with E-state index in [1.807, 2.05) is 0 Å². The molecular formula is C21H17ClF2N2O4S. The molecule has 0 bridgehead atoms. The molecule has 162 valence electrons. The van der Waals surface area contributed by atoms with Crippen molar-refractivity contribution >= 4 is 38.9 Å². The summed E-state index contributed by atoms with van der Waals surface area (Å²) in [6, 6.07) is 12.9. The van der Waals surface area contributed by atoms with E-state index in [1.165, 1.54) is 30.3 Å². The normalized spacial score (nSPS) is 11.1. The second-order valence-electron chi connectivity index (χ2n) is 6.50. The van der Waals surface area contributed by atoms with Crippen LogP contribution >= 0.6 is 11.6 Å². The lowest BCUT2D eigenvalue weighted by Crippen LogP contribution is -2.21. The van der Waals surface area contributed by atoms with Gasteiger partial charge in [0.25, 0.3) is 15.9 Å². The lowest BCUT2D eigenvalue weighted by molar-refractivity contribution is -0.118. The summed E-state index contributed by atoms with van der Waals surface area (Å²) < 4.78 is 59.2. The molecule has 0 aromatic heterocycles. The first-order valence-corrected chi connectivity index (χ1v) is 10.8. The molecule has 3 aromatic carbocycles. The molecular weight excluding hydrogens is 450 g/mol. The molecule has 0 saturated carbocycles. The van der Waals surface area contributed by atoms with Crippen molar-refractivity contribution in [3.05, 3.63) is 82.9 Å². The molecule has 10 heteroatoms. The summed E-state index contributed by atoms with van der Waals surface area (Å²) >= 11 is 6.01. The number of hydrogen-bond acceptors (Lipinski definition) is 4. The van der Waals surface area contributed by atoms with Gasteiger partial charge < -0.3 is 10.1 Å². The van der Waals surface area contributed by atoms with E-state index in [0.29, 0.717) is 16.8 Å². The van der Waals surface area contributed by atoms with Gasteiger partial charge in [0.1, 0.15) is 17.4 Å². The van der Waals surface area contributed by atoms with Gasteiger partial charge in [0.15, 0.2) is 6.61 Å². The minimum absolute atomic E-state index is 0.0191. The van der Waals surface area contributed by atoms with Crippen LogP contribution in [-0.4, -0.2) is 20.9 Å². The Kier molecular flexibility index (Phi) is 6.77. The Balaban J connectivity index is 1.60. The minimum Gasteiger partial charge on any atom is -0.484 e. The fraction of sp³-hybridized carbons (Fsp3) is 0.0952. The van der Waals surface area contributed by atoms with Crippen molar-refractivity contribution in [1.82, 2.24) is 0 Å². The van der Waals surface area contributed by atoms with E-state index in [2.05, 4.69) is 10.0 Å². The molecule has 3 aromatic rings. The highest BCUT2D eigenvalue weighted by atomic mass is 35.5. The van der Waals surface area contributed by atoms with Gasteiger partial charge in [-0.15, -0.1) is 0 Å².